The lowest BCUT2D eigenvalue weighted by atomic mass is 10.3. The van der Waals surface area contributed by atoms with Crippen LogP contribution >= 0.6 is 11.6 Å². The number of hydrogen-bond donors (Lipinski definition) is 0. The van der Waals surface area contributed by atoms with E-state index in [2.05, 4.69) is 0 Å². The van der Waals surface area contributed by atoms with E-state index in [1.807, 2.05) is 0 Å². The van der Waals surface area contributed by atoms with Crippen LogP contribution in [0.4, 0.5) is 0 Å². The van der Waals surface area contributed by atoms with E-state index >= 15 is 0 Å². The standard InChI is InChI=1S/C8H9ClO3S/c1-12-8-5-6(13(2,10)11)3-4-7(8)9/h3-5H,1-2H3. The first-order valence-corrected chi connectivity index (χ1v) is 5.75. The van der Waals surface area contributed by atoms with Gasteiger partial charge in [0.05, 0.1) is 17.0 Å². The molecule has 0 bridgehead atoms. The summed E-state index contributed by atoms with van der Waals surface area (Å²) in [5.74, 6) is 0.365. The predicted octanol–water partition coefficient (Wildman–Crippen LogP) is 1.75. The Morgan fingerprint density at radius 1 is 1.38 bits per heavy atom. The lowest BCUT2D eigenvalue weighted by Crippen LogP contribution is -1.97. The van der Waals surface area contributed by atoms with Gasteiger partial charge in [-0.2, -0.15) is 0 Å². The zero-order chi connectivity index (χ0) is 10.1. The molecule has 0 N–H and O–H groups in total. The van der Waals surface area contributed by atoms with Crippen LogP contribution in [0.2, 0.25) is 5.02 Å². The molecule has 0 saturated carbocycles. The van der Waals surface area contributed by atoms with Crippen LogP contribution in [0, 0.1) is 0 Å². The summed E-state index contributed by atoms with van der Waals surface area (Å²) in [4.78, 5) is 0.203. The van der Waals surface area contributed by atoms with E-state index in [1.54, 1.807) is 0 Å². The van der Waals surface area contributed by atoms with E-state index in [-0.39, 0.29) is 4.90 Å². The first kappa shape index (κ1) is 10.3. The van der Waals surface area contributed by atoms with Crippen molar-refractivity contribution in [2.75, 3.05) is 13.4 Å². The molecule has 3 nitrogen and oxygen atoms in total. The molecule has 72 valence electrons. The molecule has 0 aliphatic heterocycles. The number of halogens is 1. The van der Waals surface area contributed by atoms with Gasteiger partial charge in [-0.3, -0.25) is 0 Å². The molecule has 0 spiro atoms. The molecule has 0 saturated heterocycles. The fourth-order valence-corrected chi connectivity index (χ4v) is 1.70. The zero-order valence-corrected chi connectivity index (χ0v) is 8.82. The highest BCUT2D eigenvalue weighted by molar-refractivity contribution is 7.90. The molecule has 0 fully saturated rings. The largest absolute Gasteiger partial charge is 0.495 e. The predicted molar refractivity (Wildman–Crippen MR) is 51.1 cm³/mol. The average Bonchev–Trinajstić information content (AvgIpc) is 2.03. The summed E-state index contributed by atoms with van der Waals surface area (Å²) in [6.07, 6.45) is 1.13. The minimum absolute atomic E-state index is 0.203. The summed E-state index contributed by atoms with van der Waals surface area (Å²) in [6.45, 7) is 0. The summed E-state index contributed by atoms with van der Waals surface area (Å²) >= 11 is 5.73. The smallest absolute Gasteiger partial charge is 0.175 e. The second kappa shape index (κ2) is 3.55. The monoisotopic (exact) mass is 220 g/mol. The highest BCUT2D eigenvalue weighted by Gasteiger charge is 2.09. The number of sulfone groups is 1. The molecule has 1 aromatic rings. The fraction of sp³-hybridized carbons (Fsp3) is 0.250. The molecule has 0 unspecified atom stereocenters. The van der Waals surface area contributed by atoms with Gasteiger partial charge in [-0.1, -0.05) is 11.6 Å². The zero-order valence-electron chi connectivity index (χ0n) is 7.24. The lowest BCUT2D eigenvalue weighted by Gasteiger charge is -2.04. The van der Waals surface area contributed by atoms with Crippen LogP contribution in [-0.2, 0) is 9.84 Å². The van der Waals surface area contributed by atoms with Gasteiger partial charge in [-0.05, 0) is 12.1 Å². The van der Waals surface area contributed by atoms with Crippen molar-refractivity contribution in [3.63, 3.8) is 0 Å². The van der Waals surface area contributed by atoms with Crippen molar-refractivity contribution in [3.05, 3.63) is 23.2 Å². The molecule has 0 atom stereocenters. The summed E-state index contributed by atoms with van der Waals surface area (Å²) in [5.41, 5.74) is 0. The van der Waals surface area contributed by atoms with Crippen LogP contribution in [0.1, 0.15) is 0 Å². The van der Waals surface area contributed by atoms with Gasteiger partial charge >= 0.3 is 0 Å². The molecule has 0 aromatic heterocycles. The highest BCUT2D eigenvalue weighted by atomic mass is 35.5. The van der Waals surface area contributed by atoms with E-state index in [0.29, 0.717) is 10.8 Å². The van der Waals surface area contributed by atoms with Crippen LogP contribution < -0.4 is 4.74 Å². The highest BCUT2D eigenvalue weighted by Crippen LogP contribution is 2.26. The second-order valence-corrected chi connectivity index (χ2v) is 4.99. The third-order valence-corrected chi connectivity index (χ3v) is 2.97. The summed E-state index contributed by atoms with van der Waals surface area (Å²) in [5, 5.41) is 0.398. The Morgan fingerprint density at radius 3 is 2.46 bits per heavy atom. The Bertz CT molecular complexity index is 411. The fourth-order valence-electron chi connectivity index (χ4n) is 0.871. The van der Waals surface area contributed by atoms with Gasteiger partial charge in [0.25, 0.3) is 0 Å². The van der Waals surface area contributed by atoms with Gasteiger partial charge in [0.2, 0.25) is 0 Å². The molecule has 0 amide bonds. The lowest BCUT2D eigenvalue weighted by molar-refractivity contribution is 0.413. The van der Waals surface area contributed by atoms with Crippen LogP contribution in [0.3, 0.4) is 0 Å². The van der Waals surface area contributed by atoms with Crippen molar-refractivity contribution >= 4 is 21.4 Å². The van der Waals surface area contributed by atoms with Crippen molar-refractivity contribution in [1.29, 1.82) is 0 Å². The van der Waals surface area contributed by atoms with Crippen molar-refractivity contribution in [3.8, 4) is 5.75 Å². The number of benzene rings is 1. The number of hydrogen-bond acceptors (Lipinski definition) is 3. The molecule has 0 aliphatic rings. The SMILES string of the molecule is COc1cc(S(C)(=O)=O)ccc1Cl. The maximum absolute atomic E-state index is 11.1. The molecular weight excluding hydrogens is 212 g/mol. The Kier molecular flexibility index (Phi) is 2.83. The number of rotatable bonds is 2. The van der Waals surface area contributed by atoms with Gasteiger partial charge in [0, 0.05) is 12.3 Å². The maximum atomic E-state index is 11.1. The molecule has 0 radical (unpaired) electrons. The van der Waals surface area contributed by atoms with Gasteiger partial charge in [-0.15, -0.1) is 0 Å². The Morgan fingerprint density at radius 2 is 2.00 bits per heavy atom. The molecule has 0 heterocycles. The van der Waals surface area contributed by atoms with Gasteiger partial charge in [0.1, 0.15) is 5.75 Å². The minimum atomic E-state index is -3.19. The van der Waals surface area contributed by atoms with Crippen LogP contribution in [0.25, 0.3) is 0 Å². The van der Waals surface area contributed by atoms with Crippen molar-refractivity contribution in [2.24, 2.45) is 0 Å². The number of methoxy groups -OCH3 is 1. The Balaban J connectivity index is 3.30. The number of ether oxygens (including phenoxy) is 1. The van der Waals surface area contributed by atoms with E-state index < -0.39 is 9.84 Å². The Hall–Kier alpha value is -0.740. The van der Waals surface area contributed by atoms with Crippen LogP contribution in [0.15, 0.2) is 23.1 Å². The molecule has 5 heteroatoms. The average molecular weight is 221 g/mol. The third-order valence-electron chi connectivity index (χ3n) is 1.55. The third kappa shape index (κ3) is 2.35. The first-order chi connectivity index (χ1) is 5.95. The Labute approximate surface area is 82.2 Å². The van der Waals surface area contributed by atoms with E-state index in [1.165, 1.54) is 25.3 Å². The van der Waals surface area contributed by atoms with E-state index in [0.717, 1.165) is 6.26 Å². The van der Waals surface area contributed by atoms with Crippen molar-refractivity contribution in [1.82, 2.24) is 0 Å². The molecule has 13 heavy (non-hydrogen) atoms. The van der Waals surface area contributed by atoms with Crippen LogP contribution in [0.5, 0.6) is 5.75 Å². The summed E-state index contributed by atoms with van der Waals surface area (Å²) < 4.78 is 27.1. The normalized spacial score (nSPS) is 11.3. The molecular formula is C8H9ClO3S. The van der Waals surface area contributed by atoms with E-state index in [9.17, 15) is 8.42 Å². The summed E-state index contributed by atoms with van der Waals surface area (Å²) in [7, 11) is -1.75. The van der Waals surface area contributed by atoms with Gasteiger partial charge in [0.15, 0.2) is 9.84 Å². The minimum Gasteiger partial charge on any atom is -0.495 e. The maximum Gasteiger partial charge on any atom is 0.175 e. The molecule has 1 rings (SSSR count). The quantitative estimate of drug-likeness (QED) is 0.763. The van der Waals surface area contributed by atoms with Crippen LogP contribution in [-0.4, -0.2) is 21.8 Å². The van der Waals surface area contributed by atoms with E-state index in [4.69, 9.17) is 16.3 Å². The van der Waals surface area contributed by atoms with Crippen molar-refractivity contribution < 1.29 is 13.2 Å². The van der Waals surface area contributed by atoms with Gasteiger partial charge < -0.3 is 4.74 Å². The molecule has 0 aliphatic carbocycles. The topological polar surface area (TPSA) is 43.4 Å². The molecule has 1 aromatic carbocycles. The summed E-state index contributed by atoms with van der Waals surface area (Å²) in [6, 6.07) is 4.34. The van der Waals surface area contributed by atoms with Gasteiger partial charge in [-0.25, -0.2) is 8.42 Å². The second-order valence-electron chi connectivity index (χ2n) is 2.57. The first-order valence-electron chi connectivity index (χ1n) is 3.49. The van der Waals surface area contributed by atoms with Crippen molar-refractivity contribution in [2.45, 2.75) is 4.90 Å².